The summed E-state index contributed by atoms with van der Waals surface area (Å²) >= 11 is 5.70. The molecule has 0 heterocycles. The smallest absolute Gasteiger partial charge is 0.123 e. The van der Waals surface area contributed by atoms with Gasteiger partial charge in [-0.3, -0.25) is 0 Å². The Bertz CT molecular complexity index is 330. The first-order valence-electron chi connectivity index (χ1n) is 6.10. The van der Waals surface area contributed by atoms with Crippen LogP contribution in [0.1, 0.15) is 25.3 Å². The first kappa shape index (κ1) is 14.5. The molecule has 1 aromatic carbocycles. The van der Waals surface area contributed by atoms with Crippen molar-refractivity contribution < 1.29 is 4.39 Å². The van der Waals surface area contributed by atoms with Gasteiger partial charge in [-0.1, -0.05) is 19.1 Å². The van der Waals surface area contributed by atoms with E-state index in [9.17, 15) is 4.39 Å². The quantitative estimate of drug-likeness (QED) is 0.670. The molecule has 1 aromatic rings. The molecule has 0 bridgehead atoms. The molecule has 0 amide bonds. The van der Waals surface area contributed by atoms with E-state index in [2.05, 4.69) is 18.9 Å². The molecule has 0 N–H and O–H groups in total. The number of nitrogens with zero attached hydrogens (tertiary/aromatic N) is 1. The number of benzene rings is 1. The van der Waals surface area contributed by atoms with Gasteiger partial charge in [-0.2, -0.15) is 0 Å². The van der Waals surface area contributed by atoms with Crippen LogP contribution in [0, 0.1) is 11.7 Å². The van der Waals surface area contributed by atoms with Gasteiger partial charge in [0.25, 0.3) is 0 Å². The molecule has 96 valence electrons. The molecule has 0 aliphatic heterocycles. The zero-order valence-corrected chi connectivity index (χ0v) is 11.4. The molecule has 0 saturated heterocycles. The summed E-state index contributed by atoms with van der Waals surface area (Å²) in [4.78, 5) is 2.22. The lowest BCUT2D eigenvalue weighted by molar-refractivity contribution is 0.296. The van der Waals surface area contributed by atoms with Crippen LogP contribution in [0.2, 0.25) is 0 Å². The van der Waals surface area contributed by atoms with E-state index in [1.54, 1.807) is 12.1 Å². The summed E-state index contributed by atoms with van der Waals surface area (Å²) in [6, 6.07) is 6.79. The van der Waals surface area contributed by atoms with Gasteiger partial charge in [0.1, 0.15) is 5.82 Å². The van der Waals surface area contributed by atoms with Crippen molar-refractivity contribution in [3.8, 4) is 0 Å². The second kappa shape index (κ2) is 7.67. The average Bonchev–Trinajstić information content (AvgIpc) is 2.27. The number of alkyl halides is 1. The van der Waals surface area contributed by atoms with Gasteiger partial charge in [0, 0.05) is 12.4 Å². The summed E-state index contributed by atoms with van der Waals surface area (Å²) in [7, 11) is 2.07. The van der Waals surface area contributed by atoms with E-state index in [0.29, 0.717) is 5.92 Å². The van der Waals surface area contributed by atoms with Crippen LogP contribution in [0.15, 0.2) is 24.3 Å². The standard InChI is InChI=1S/C14H21ClFN/c1-12(6-8-15)7-9-17(2)11-13-4-3-5-14(16)10-13/h3-5,10,12H,6-9,11H2,1-2H3. The summed E-state index contributed by atoms with van der Waals surface area (Å²) in [5, 5.41) is 0. The summed E-state index contributed by atoms with van der Waals surface area (Å²) in [5.41, 5.74) is 1.03. The molecule has 0 spiro atoms. The molecule has 0 aliphatic carbocycles. The molecule has 1 nitrogen and oxygen atoms in total. The van der Waals surface area contributed by atoms with Gasteiger partial charge in [0.2, 0.25) is 0 Å². The Morgan fingerprint density at radius 3 is 2.76 bits per heavy atom. The lowest BCUT2D eigenvalue weighted by Gasteiger charge is -2.19. The van der Waals surface area contributed by atoms with E-state index in [1.165, 1.54) is 6.07 Å². The van der Waals surface area contributed by atoms with Crippen LogP contribution in [0.25, 0.3) is 0 Å². The van der Waals surface area contributed by atoms with Crippen LogP contribution < -0.4 is 0 Å². The molecule has 0 saturated carbocycles. The number of rotatable bonds is 7. The van der Waals surface area contributed by atoms with Crippen molar-refractivity contribution in [3.05, 3.63) is 35.6 Å². The van der Waals surface area contributed by atoms with E-state index in [0.717, 1.165) is 37.4 Å². The first-order valence-corrected chi connectivity index (χ1v) is 6.64. The molecule has 0 fully saturated rings. The summed E-state index contributed by atoms with van der Waals surface area (Å²) < 4.78 is 13.0. The van der Waals surface area contributed by atoms with Crippen molar-refractivity contribution in [2.45, 2.75) is 26.3 Å². The highest BCUT2D eigenvalue weighted by molar-refractivity contribution is 6.17. The van der Waals surface area contributed by atoms with Gasteiger partial charge < -0.3 is 4.90 Å². The molecule has 1 unspecified atom stereocenters. The molecule has 1 rings (SSSR count). The highest BCUT2D eigenvalue weighted by Gasteiger charge is 2.05. The number of halogens is 2. The maximum Gasteiger partial charge on any atom is 0.123 e. The van der Waals surface area contributed by atoms with Crippen molar-refractivity contribution in [3.63, 3.8) is 0 Å². The minimum Gasteiger partial charge on any atom is -0.302 e. The molecule has 0 aliphatic rings. The molecule has 3 heteroatoms. The second-order valence-corrected chi connectivity index (χ2v) is 5.12. The van der Waals surface area contributed by atoms with Gasteiger partial charge in [-0.15, -0.1) is 11.6 Å². The van der Waals surface area contributed by atoms with Crippen LogP contribution in [0.3, 0.4) is 0 Å². The van der Waals surface area contributed by atoms with E-state index in [1.807, 2.05) is 6.07 Å². The fourth-order valence-corrected chi connectivity index (χ4v) is 2.17. The Morgan fingerprint density at radius 2 is 2.12 bits per heavy atom. The topological polar surface area (TPSA) is 3.24 Å². The molecular formula is C14H21ClFN. The Labute approximate surface area is 109 Å². The zero-order valence-electron chi connectivity index (χ0n) is 10.6. The summed E-state index contributed by atoms with van der Waals surface area (Å²) in [5.74, 6) is 1.23. The number of hydrogen-bond acceptors (Lipinski definition) is 1. The van der Waals surface area contributed by atoms with Crippen LogP contribution >= 0.6 is 11.6 Å². The fraction of sp³-hybridized carbons (Fsp3) is 0.571. The van der Waals surface area contributed by atoms with Crippen molar-refractivity contribution >= 4 is 11.6 Å². The largest absolute Gasteiger partial charge is 0.302 e. The predicted molar refractivity (Wildman–Crippen MR) is 71.9 cm³/mol. The van der Waals surface area contributed by atoms with Gasteiger partial charge >= 0.3 is 0 Å². The Hall–Kier alpha value is -0.600. The normalized spacial score (nSPS) is 13.0. The second-order valence-electron chi connectivity index (χ2n) is 4.74. The third-order valence-electron chi connectivity index (χ3n) is 2.95. The lowest BCUT2D eigenvalue weighted by atomic mass is 10.0. The maximum absolute atomic E-state index is 13.0. The minimum absolute atomic E-state index is 0.161. The number of hydrogen-bond donors (Lipinski definition) is 0. The van der Waals surface area contributed by atoms with Crippen LogP contribution in [0.5, 0.6) is 0 Å². The summed E-state index contributed by atoms with van der Waals surface area (Å²) in [6.07, 6.45) is 2.20. The van der Waals surface area contributed by atoms with Gasteiger partial charge in [0.15, 0.2) is 0 Å². The average molecular weight is 258 g/mol. The molecule has 1 atom stereocenters. The highest BCUT2D eigenvalue weighted by atomic mass is 35.5. The SMILES string of the molecule is CC(CCCl)CCN(C)Cc1cccc(F)c1. The lowest BCUT2D eigenvalue weighted by Crippen LogP contribution is -2.21. The van der Waals surface area contributed by atoms with E-state index < -0.39 is 0 Å². The predicted octanol–water partition coefficient (Wildman–Crippen LogP) is 3.91. The minimum atomic E-state index is -0.161. The highest BCUT2D eigenvalue weighted by Crippen LogP contribution is 2.11. The monoisotopic (exact) mass is 257 g/mol. The van der Waals surface area contributed by atoms with Crippen LogP contribution in [0.4, 0.5) is 4.39 Å². The first-order chi connectivity index (χ1) is 8.11. The van der Waals surface area contributed by atoms with Crippen molar-refractivity contribution in [1.29, 1.82) is 0 Å². The Balaban J connectivity index is 2.32. The van der Waals surface area contributed by atoms with E-state index >= 15 is 0 Å². The molecule has 0 aromatic heterocycles. The third-order valence-corrected chi connectivity index (χ3v) is 3.17. The van der Waals surface area contributed by atoms with Crippen molar-refractivity contribution in [2.75, 3.05) is 19.5 Å². The zero-order chi connectivity index (χ0) is 12.7. The van der Waals surface area contributed by atoms with Crippen LogP contribution in [-0.4, -0.2) is 24.4 Å². The van der Waals surface area contributed by atoms with Crippen molar-refractivity contribution in [2.24, 2.45) is 5.92 Å². The fourth-order valence-electron chi connectivity index (χ4n) is 1.80. The van der Waals surface area contributed by atoms with Gasteiger partial charge in [-0.05, 0) is 50.0 Å². The Morgan fingerprint density at radius 1 is 1.35 bits per heavy atom. The van der Waals surface area contributed by atoms with E-state index in [-0.39, 0.29) is 5.82 Å². The summed E-state index contributed by atoms with van der Waals surface area (Å²) in [6.45, 7) is 4.04. The van der Waals surface area contributed by atoms with E-state index in [4.69, 9.17) is 11.6 Å². The van der Waals surface area contributed by atoms with Gasteiger partial charge in [0.05, 0.1) is 0 Å². The molecule has 0 radical (unpaired) electrons. The van der Waals surface area contributed by atoms with Gasteiger partial charge in [-0.25, -0.2) is 4.39 Å². The molecular weight excluding hydrogens is 237 g/mol. The van der Waals surface area contributed by atoms with Crippen LogP contribution in [-0.2, 0) is 6.54 Å². The Kier molecular flexibility index (Phi) is 6.53. The maximum atomic E-state index is 13.0. The molecule has 17 heavy (non-hydrogen) atoms. The van der Waals surface area contributed by atoms with Crippen molar-refractivity contribution in [1.82, 2.24) is 4.90 Å². The third kappa shape index (κ3) is 6.04.